The highest BCUT2D eigenvalue weighted by atomic mass is 35.5. The largest absolute Gasteiger partial charge is 0.319 e. The van der Waals surface area contributed by atoms with E-state index in [1.807, 2.05) is 7.05 Å². The summed E-state index contributed by atoms with van der Waals surface area (Å²) in [6, 6.07) is 4.89. The van der Waals surface area contributed by atoms with Crippen LogP contribution < -0.4 is 5.32 Å². The molecule has 3 heteroatoms. The Hall–Kier alpha value is -0.600. The third kappa shape index (κ3) is 1.77. The molecule has 0 radical (unpaired) electrons. The fourth-order valence-corrected chi connectivity index (χ4v) is 2.26. The fraction of sp³-hybridized carbons (Fsp3) is 0.455. The standard InChI is InChI=1S/C11H13ClFN/c1-14-6-7-5-8(7)11-9(12)3-2-4-10(11)13/h2-4,7-8,14H,5-6H2,1H3/t7-,8-/m0/s1. The van der Waals surface area contributed by atoms with Gasteiger partial charge in [0.1, 0.15) is 5.82 Å². The number of halogens is 2. The fourth-order valence-electron chi connectivity index (χ4n) is 1.95. The average molecular weight is 214 g/mol. The molecule has 1 aromatic carbocycles. The highest BCUT2D eigenvalue weighted by Crippen LogP contribution is 2.49. The van der Waals surface area contributed by atoms with Gasteiger partial charge in [-0.1, -0.05) is 17.7 Å². The third-order valence-electron chi connectivity index (χ3n) is 2.76. The maximum absolute atomic E-state index is 13.4. The highest BCUT2D eigenvalue weighted by molar-refractivity contribution is 6.31. The van der Waals surface area contributed by atoms with Gasteiger partial charge in [-0.2, -0.15) is 0 Å². The Bertz CT molecular complexity index is 320. The minimum atomic E-state index is -0.166. The van der Waals surface area contributed by atoms with E-state index < -0.39 is 0 Å². The summed E-state index contributed by atoms with van der Waals surface area (Å²) in [5.41, 5.74) is 0.703. The van der Waals surface area contributed by atoms with Crippen LogP contribution in [0.1, 0.15) is 17.9 Å². The van der Waals surface area contributed by atoms with Crippen molar-refractivity contribution in [3.63, 3.8) is 0 Å². The molecule has 0 heterocycles. The van der Waals surface area contributed by atoms with Crippen LogP contribution in [0.15, 0.2) is 18.2 Å². The molecule has 14 heavy (non-hydrogen) atoms. The third-order valence-corrected chi connectivity index (χ3v) is 3.09. The number of benzene rings is 1. The average Bonchev–Trinajstić information content (AvgIpc) is 2.85. The zero-order chi connectivity index (χ0) is 10.1. The molecule has 1 aliphatic rings. The molecule has 2 rings (SSSR count). The predicted octanol–water partition coefficient (Wildman–Crippen LogP) is 2.80. The van der Waals surface area contributed by atoms with Gasteiger partial charge in [-0.05, 0) is 44.0 Å². The van der Waals surface area contributed by atoms with Crippen molar-refractivity contribution in [2.75, 3.05) is 13.6 Å². The van der Waals surface area contributed by atoms with Gasteiger partial charge in [0.05, 0.1) is 0 Å². The van der Waals surface area contributed by atoms with Crippen molar-refractivity contribution >= 4 is 11.6 Å². The molecular formula is C11H13ClFN. The summed E-state index contributed by atoms with van der Waals surface area (Å²) in [5.74, 6) is 0.701. The number of hydrogen-bond donors (Lipinski definition) is 1. The van der Waals surface area contributed by atoms with E-state index in [2.05, 4.69) is 5.32 Å². The Kier molecular flexibility index (Phi) is 2.75. The van der Waals surface area contributed by atoms with E-state index in [1.165, 1.54) is 6.07 Å². The van der Waals surface area contributed by atoms with Crippen molar-refractivity contribution in [3.05, 3.63) is 34.6 Å². The SMILES string of the molecule is CNC[C@@H]1C[C@@H]1c1c(F)cccc1Cl. The molecule has 0 amide bonds. The lowest BCUT2D eigenvalue weighted by Crippen LogP contribution is -2.10. The minimum Gasteiger partial charge on any atom is -0.319 e. The summed E-state index contributed by atoms with van der Waals surface area (Å²) in [6.45, 7) is 0.940. The van der Waals surface area contributed by atoms with E-state index in [1.54, 1.807) is 12.1 Å². The van der Waals surface area contributed by atoms with Crippen LogP contribution in [0, 0.1) is 11.7 Å². The molecule has 0 bridgehead atoms. The Morgan fingerprint density at radius 3 is 3.00 bits per heavy atom. The monoisotopic (exact) mass is 213 g/mol. The van der Waals surface area contributed by atoms with Crippen molar-refractivity contribution in [2.24, 2.45) is 5.92 Å². The molecule has 0 saturated heterocycles. The van der Waals surface area contributed by atoms with E-state index in [0.29, 0.717) is 22.4 Å². The van der Waals surface area contributed by atoms with Crippen LogP contribution in [0.25, 0.3) is 0 Å². The predicted molar refractivity (Wildman–Crippen MR) is 56.2 cm³/mol. The van der Waals surface area contributed by atoms with E-state index in [4.69, 9.17) is 11.6 Å². The Balaban J connectivity index is 2.18. The normalized spacial score (nSPS) is 25.1. The molecule has 1 aromatic rings. The van der Waals surface area contributed by atoms with E-state index in [-0.39, 0.29) is 5.82 Å². The van der Waals surface area contributed by atoms with Crippen LogP contribution >= 0.6 is 11.6 Å². The van der Waals surface area contributed by atoms with Gasteiger partial charge in [0, 0.05) is 10.6 Å². The lowest BCUT2D eigenvalue weighted by molar-refractivity contribution is 0.602. The zero-order valence-corrected chi connectivity index (χ0v) is 8.81. The van der Waals surface area contributed by atoms with Gasteiger partial charge in [0.15, 0.2) is 0 Å². The van der Waals surface area contributed by atoms with Gasteiger partial charge in [-0.3, -0.25) is 0 Å². The van der Waals surface area contributed by atoms with Crippen molar-refractivity contribution in [1.29, 1.82) is 0 Å². The molecule has 1 fully saturated rings. The lowest BCUT2D eigenvalue weighted by Gasteiger charge is -2.04. The summed E-state index contributed by atoms with van der Waals surface area (Å²) < 4.78 is 13.4. The number of rotatable bonds is 3. The summed E-state index contributed by atoms with van der Waals surface area (Å²) in [5, 5.41) is 3.67. The Labute approximate surface area is 88.3 Å². The topological polar surface area (TPSA) is 12.0 Å². The molecule has 0 spiro atoms. The Morgan fingerprint density at radius 1 is 1.57 bits per heavy atom. The molecule has 1 N–H and O–H groups in total. The van der Waals surface area contributed by atoms with Gasteiger partial charge >= 0.3 is 0 Å². The van der Waals surface area contributed by atoms with E-state index >= 15 is 0 Å². The molecule has 1 nitrogen and oxygen atoms in total. The van der Waals surface area contributed by atoms with E-state index in [9.17, 15) is 4.39 Å². The highest BCUT2D eigenvalue weighted by Gasteiger charge is 2.40. The second-order valence-electron chi connectivity index (χ2n) is 3.80. The molecule has 2 atom stereocenters. The summed E-state index contributed by atoms with van der Waals surface area (Å²) in [7, 11) is 1.92. The maximum atomic E-state index is 13.4. The quantitative estimate of drug-likeness (QED) is 0.814. The number of hydrogen-bond acceptors (Lipinski definition) is 1. The molecule has 1 saturated carbocycles. The molecular weight excluding hydrogens is 201 g/mol. The first kappa shape index (κ1) is 9.94. The van der Waals surface area contributed by atoms with Crippen LogP contribution in [-0.4, -0.2) is 13.6 Å². The second kappa shape index (κ2) is 3.87. The molecule has 0 aromatic heterocycles. The van der Waals surface area contributed by atoms with Gasteiger partial charge in [-0.25, -0.2) is 4.39 Å². The maximum Gasteiger partial charge on any atom is 0.128 e. The first-order chi connectivity index (χ1) is 6.74. The minimum absolute atomic E-state index is 0.166. The summed E-state index contributed by atoms with van der Waals surface area (Å²) in [6.07, 6.45) is 1.04. The number of nitrogens with one attached hydrogen (secondary N) is 1. The van der Waals surface area contributed by atoms with Gasteiger partial charge in [-0.15, -0.1) is 0 Å². The summed E-state index contributed by atoms with van der Waals surface area (Å²) in [4.78, 5) is 0. The molecule has 0 aliphatic heterocycles. The van der Waals surface area contributed by atoms with Crippen LogP contribution in [0.3, 0.4) is 0 Å². The second-order valence-corrected chi connectivity index (χ2v) is 4.20. The Morgan fingerprint density at radius 2 is 2.36 bits per heavy atom. The van der Waals surface area contributed by atoms with Gasteiger partial charge in [0.2, 0.25) is 0 Å². The van der Waals surface area contributed by atoms with Crippen molar-refractivity contribution < 1.29 is 4.39 Å². The van der Waals surface area contributed by atoms with Crippen molar-refractivity contribution in [1.82, 2.24) is 5.32 Å². The molecule has 1 aliphatic carbocycles. The zero-order valence-electron chi connectivity index (χ0n) is 8.06. The van der Waals surface area contributed by atoms with E-state index in [0.717, 1.165) is 13.0 Å². The van der Waals surface area contributed by atoms with Crippen LogP contribution in [0.2, 0.25) is 5.02 Å². The van der Waals surface area contributed by atoms with Crippen LogP contribution in [-0.2, 0) is 0 Å². The summed E-state index contributed by atoms with van der Waals surface area (Å²) >= 11 is 5.97. The van der Waals surface area contributed by atoms with Crippen LogP contribution in [0.4, 0.5) is 4.39 Å². The molecule has 76 valence electrons. The van der Waals surface area contributed by atoms with Gasteiger partial charge < -0.3 is 5.32 Å². The first-order valence-corrected chi connectivity index (χ1v) is 5.20. The first-order valence-electron chi connectivity index (χ1n) is 4.82. The van der Waals surface area contributed by atoms with Crippen molar-refractivity contribution in [2.45, 2.75) is 12.3 Å². The van der Waals surface area contributed by atoms with Gasteiger partial charge in [0.25, 0.3) is 0 Å². The van der Waals surface area contributed by atoms with Crippen molar-refractivity contribution in [3.8, 4) is 0 Å². The lowest BCUT2D eigenvalue weighted by atomic mass is 10.1. The molecule has 0 unspecified atom stereocenters. The smallest absolute Gasteiger partial charge is 0.128 e. The van der Waals surface area contributed by atoms with Crippen LogP contribution in [0.5, 0.6) is 0 Å².